The summed E-state index contributed by atoms with van der Waals surface area (Å²) in [6.45, 7) is 5.85. The first-order chi connectivity index (χ1) is 44.0. The SMILES string of the molecule is C.C.CC.Cc1nc2ccccc2o1.c1ccc(-c2nc(-c3ccccc3)nc(-c3cccc4c3-c3ccccc3C4)n2)cc1.c1ccc(-c2nc3ccccc3o2)cc1.c1cccc(-c2nc(-c3ccccc3)nc(-c3cccc4c3-c3ccccc3C4)n2)c#1. The van der Waals surface area contributed by atoms with Crippen LogP contribution in [0, 0.1) is 19.1 Å². The summed E-state index contributed by atoms with van der Waals surface area (Å²) in [4.78, 5) is 37.8. The van der Waals surface area contributed by atoms with E-state index in [0.717, 1.165) is 79.9 Å². The van der Waals surface area contributed by atoms with Gasteiger partial charge in [0.05, 0.1) is 5.56 Å². The monoisotopic (exact) mass is 1180 g/mol. The number of rotatable bonds is 7. The number of benzene rings is 10. The number of hydrogen-bond donors (Lipinski definition) is 0. The van der Waals surface area contributed by atoms with Gasteiger partial charge in [-0.3, -0.25) is 0 Å². The van der Waals surface area contributed by atoms with Crippen LogP contribution in [0.5, 0.6) is 0 Å². The molecule has 0 saturated carbocycles. The molecule has 0 saturated heterocycles. The molecule has 0 unspecified atom stereocenters. The fourth-order valence-corrected chi connectivity index (χ4v) is 11.1. The van der Waals surface area contributed by atoms with E-state index in [4.69, 9.17) is 38.7 Å². The number of fused-ring (bicyclic) bond motifs is 8. The van der Waals surface area contributed by atoms with Crippen molar-refractivity contribution in [3.63, 3.8) is 0 Å². The average molecular weight is 1180 g/mol. The van der Waals surface area contributed by atoms with Crippen molar-refractivity contribution >= 4 is 22.2 Å². The Kier molecular flexibility index (Phi) is 19.0. The van der Waals surface area contributed by atoms with Gasteiger partial charge in [-0.05, 0) is 106 Å². The smallest absolute Gasteiger partial charge is 0.227 e. The molecule has 0 N–H and O–H groups in total. The zero-order chi connectivity index (χ0) is 60.3. The summed E-state index contributed by atoms with van der Waals surface area (Å²) >= 11 is 0. The van der Waals surface area contributed by atoms with Crippen LogP contribution in [0.2, 0.25) is 0 Å². The molecule has 0 spiro atoms. The third-order valence-corrected chi connectivity index (χ3v) is 15.1. The van der Waals surface area contributed by atoms with E-state index in [2.05, 4.69) is 107 Å². The third-order valence-electron chi connectivity index (χ3n) is 15.1. The van der Waals surface area contributed by atoms with Crippen molar-refractivity contribution < 1.29 is 8.83 Å². The maximum atomic E-state index is 5.64. The van der Waals surface area contributed by atoms with E-state index in [9.17, 15) is 0 Å². The molecule has 442 valence electrons. The van der Waals surface area contributed by atoms with E-state index in [1.54, 1.807) is 0 Å². The second-order valence-electron chi connectivity index (χ2n) is 20.8. The normalized spacial score (nSPS) is 10.9. The summed E-state index contributed by atoms with van der Waals surface area (Å²) in [5.74, 6) is 5.42. The molecular weight excluding hydrogens is 1120 g/mol. The lowest BCUT2D eigenvalue weighted by Crippen LogP contribution is -2.01. The molecule has 0 fully saturated rings. The molecule has 10 heteroatoms. The van der Waals surface area contributed by atoms with Gasteiger partial charge in [0.15, 0.2) is 52.0 Å². The lowest BCUT2D eigenvalue weighted by molar-refractivity contribution is 0.561. The van der Waals surface area contributed by atoms with E-state index < -0.39 is 0 Å². The van der Waals surface area contributed by atoms with Gasteiger partial charge in [-0.15, -0.1) is 0 Å². The minimum Gasteiger partial charge on any atom is -0.441 e. The molecule has 2 aliphatic carbocycles. The fraction of sp³-hybridized carbons (Fsp3) is 0.0864. The van der Waals surface area contributed by atoms with Crippen LogP contribution < -0.4 is 0 Å². The molecule has 10 nitrogen and oxygen atoms in total. The maximum Gasteiger partial charge on any atom is 0.227 e. The van der Waals surface area contributed by atoms with E-state index in [0.29, 0.717) is 40.8 Å². The Morgan fingerprint density at radius 3 is 1.14 bits per heavy atom. The number of oxazole rings is 2. The standard InChI is InChI=1S/C28H19N3.C28H17N3.C13H9NO.C8H7NO.C2H6.2CH4/c2*1-3-10-19(11-4-1)26-29-27(20-12-5-2-6-13-20)31-28(30-26)24-17-9-15-22-18-21-14-7-8-16-23(21)25(22)24;1-2-6-10(7-3-1)13-14-11-8-4-5-9-12(11)15-13;1-6-9-7-4-2-3-5-8(7)10-6;1-2;;/h1-17H,18H2;1-5,7-12,14-17H,18H2;1-9H;2-5H,1H3;1-2H3;2*1H4. The number of nitrogens with zero attached hydrogens (tertiary/aromatic N) is 8. The van der Waals surface area contributed by atoms with Gasteiger partial charge in [0.1, 0.15) is 11.0 Å². The Bertz CT molecular complexity index is 4480. The Morgan fingerprint density at radius 2 is 0.681 bits per heavy atom. The molecular formula is C81H66N8O2. The number of hydrogen-bond acceptors (Lipinski definition) is 10. The van der Waals surface area contributed by atoms with E-state index in [1.165, 1.54) is 44.5 Å². The molecule has 0 aliphatic heterocycles. The predicted octanol–water partition coefficient (Wildman–Crippen LogP) is 20.4. The highest BCUT2D eigenvalue weighted by Gasteiger charge is 2.26. The summed E-state index contributed by atoms with van der Waals surface area (Å²) < 4.78 is 10.9. The summed E-state index contributed by atoms with van der Waals surface area (Å²) in [5.41, 5.74) is 20.7. The van der Waals surface area contributed by atoms with E-state index in [-0.39, 0.29) is 14.9 Å². The third kappa shape index (κ3) is 13.4. The topological polar surface area (TPSA) is 129 Å². The van der Waals surface area contributed by atoms with Crippen molar-refractivity contribution in [3.8, 4) is 102 Å². The van der Waals surface area contributed by atoms with Crippen LogP contribution in [0.4, 0.5) is 0 Å². The van der Waals surface area contributed by atoms with Crippen LogP contribution in [-0.2, 0) is 12.8 Å². The molecule has 0 bridgehead atoms. The van der Waals surface area contributed by atoms with E-state index >= 15 is 0 Å². The van der Waals surface area contributed by atoms with E-state index in [1.807, 2.05) is 209 Å². The highest BCUT2D eigenvalue weighted by Crippen LogP contribution is 2.44. The molecule has 4 heterocycles. The Morgan fingerprint density at radius 1 is 0.308 bits per heavy atom. The van der Waals surface area contributed by atoms with Crippen LogP contribution in [0.3, 0.4) is 0 Å². The lowest BCUT2D eigenvalue weighted by atomic mass is 9.99. The van der Waals surface area contributed by atoms with Gasteiger partial charge in [0.25, 0.3) is 0 Å². The largest absolute Gasteiger partial charge is 0.441 e. The van der Waals surface area contributed by atoms with Gasteiger partial charge in [0.2, 0.25) is 5.89 Å². The minimum absolute atomic E-state index is 0. The number of aryl methyl sites for hydroxylation is 1. The molecule has 0 atom stereocenters. The van der Waals surface area contributed by atoms with Crippen molar-refractivity contribution in [3.05, 3.63) is 313 Å². The van der Waals surface area contributed by atoms with Gasteiger partial charge in [-0.1, -0.05) is 265 Å². The Balaban J connectivity index is 0.000000132. The second kappa shape index (κ2) is 28.4. The quantitative estimate of drug-likeness (QED) is 0.152. The van der Waals surface area contributed by atoms with Crippen LogP contribution in [0.15, 0.2) is 282 Å². The molecule has 91 heavy (non-hydrogen) atoms. The number of aromatic nitrogens is 8. The van der Waals surface area contributed by atoms with Gasteiger partial charge < -0.3 is 8.83 Å². The first kappa shape index (κ1) is 60.9. The molecule has 11 aromatic carbocycles. The molecule has 17 rings (SSSR count). The van der Waals surface area contributed by atoms with Gasteiger partial charge in [-0.2, -0.15) is 0 Å². The lowest BCUT2D eigenvalue weighted by Gasteiger charge is -2.12. The van der Waals surface area contributed by atoms with Crippen molar-refractivity contribution in [2.24, 2.45) is 0 Å². The first-order valence-electron chi connectivity index (χ1n) is 29.7. The highest BCUT2D eigenvalue weighted by molar-refractivity contribution is 5.90. The summed E-state index contributed by atoms with van der Waals surface area (Å²) in [6.07, 6.45) is 1.88. The molecule has 4 aromatic heterocycles. The van der Waals surface area contributed by atoms with Crippen molar-refractivity contribution in [1.29, 1.82) is 0 Å². The number of para-hydroxylation sites is 4. The fourth-order valence-electron chi connectivity index (χ4n) is 11.1. The minimum atomic E-state index is 0. The van der Waals surface area contributed by atoms with Crippen molar-refractivity contribution in [2.45, 2.75) is 48.5 Å². The summed E-state index contributed by atoms with van der Waals surface area (Å²) in [6, 6.07) is 97.5. The predicted molar refractivity (Wildman–Crippen MR) is 369 cm³/mol. The zero-order valence-electron chi connectivity index (χ0n) is 49.3. The second-order valence-corrected chi connectivity index (χ2v) is 20.8. The average Bonchev–Trinajstić information content (AvgIpc) is 1.78. The molecule has 15 aromatic rings. The summed E-state index contributed by atoms with van der Waals surface area (Å²) in [5, 5.41) is 0. The Hall–Kier alpha value is -11.8. The highest BCUT2D eigenvalue weighted by atomic mass is 16.4. The van der Waals surface area contributed by atoms with Crippen molar-refractivity contribution in [1.82, 2.24) is 39.9 Å². The molecule has 0 radical (unpaired) electrons. The first-order valence-corrected chi connectivity index (χ1v) is 29.7. The van der Waals surface area contributed by atoms with Gasteiger partial charge >= 0.3 is 0 Å². The van der Waals surface area contributed by atoms with Crippen LogP contribution in [0.25, 0.3) is 124 Å². The Labute approximate surface area is 531 Å². The van der Waals surface area contributed by atoms with Crippen LogP contribution >= 0.6 is 0 Å². The van der Waals surface area contributed by atoms with Gasteiger partial charge in [-0.25, -0.2) is 39.9 Å². The maximum absolute atomic E-state index is 5.64. The van der Waals surface area contributed by atoms with Gasteiger partial charge in [0, 0.05) is 40.3 Å². The van der Waals surface area contributed by atoms with Crippen LogP contribution in [-0.4, -0.2) is 39.9 Å². The zero-order valence-corrected chi connectivity index (χ0v) is 49.3. The molecule has 0 amide bonds. The van der Waals surface area contributed by atoms with Crippen molar-refractivity contribution in [2.75, 3.05) is 0 Å². The molecule has 2 aliphatic rings. The summed E-state index contributed by atoms with van der Waals surface area (Å²) in [7, 11) is 0. The van der Waals surface area contributed by atoms with Crippen LogP contribution in [0.1, 0.15) is 56.8 Å².